The molecule has 114 valence electrons. The molecule has 0 aliphatic heterocycles. The number of fused-ring (bicyclic) bond motifs is 1. The van der Waals surface area contributed by atoms with Crippen LogP contribution in [-0.2, 0) is 0 Å². The normalized spacial score (nSPS) is 26.4. The number of aromatic nitrogens is 5. The number of nitrogens with zero attached hydrogens (tertiary/aromatic N) is 6. The van der Waals surface area contributed by atoms with Crippen molar-refractivity contribution < 1.29 is 0 Å². The third kappa shape index (κ3) is 2.83. The van der Waals surface area contributed by atoms with Gasteiger partial charge in [0.05, 0.1) is 0 Å². The van der Waals surface area contributed by atoms with E-state index in [4.69, 9.17) is 0 Å². The van der Waals surface area contributed by atoms with E-state index in [0.717, 1.165) is 18.3 Å². The Morgan fingerprint density at radius 2 is 2.29 bits per heavy atom. The summed E-state index contributed by atoms with van der Waals surface area (Å²) in [5, 5.41) is 19.2. The topological polar surface area (TPSA) is 71.2 Å². The van der Waals surface area contributed by atoms with Gasteiger partial charge in [0.15, 0.2) is 5.65 Å². The van der Waals surface area contributed by atoms with Crippen LogP contribution in [0.15, 0.2) is 12.1 Å². The zero-order valence-electron chi connectivity index (χ0n) is 13.0. The van der Waals surface area contributed by atoms with Crippen LogP contribution in [0.3, 0.4) is 0 Å². The van der Waals surface area contributed by atoms with E-state index in [-0.39, 0.29) is 5.54 Å². The first-order valence-electron chi connectivity index (χ1n) is 7.56. The number of hydrogen-bond donors (Lipinski definition) is 1. The molecule has 7 nitrogen and oxygen atoms in total. The minimum Gasteiger partial charge on any atom is -0.367 e. The molecule has 3 rings (SSSR count). The monoisotopic (exact) mass is 289 g/mol. The molecule has 2 unspecified atom stereocenters. The van der Waals surface area contributed by atoms with Crippen LogP contribution in [0.4, 0.5) is 5.82 Å². The van der Waals surface area contributed by atoms with E-state index >= 15 is 0 Å². The number of anilines is 1. The van der Waals surface area contributed by atoms with Crippen molar-refractivity contribution in [3.05, 3.63) is 12.1 Å². The Bertz CT molecular complexity index is 608. The third-order valence-corrected chi connectivity index (χ3v) is 4.68. The van der Waals surface area contributed by atoms with Gasteiger partial charge in [-0.3, -0.25) is 0 Å². The number of nitrogens with one attached hydrogen (secondary N) is 1. The van der Waals surface area contributed by atoms with E-state index in [9.17, 15) is 0 Å². The Balaban J connectivity index is 1.74. The van der Waals surface area contributed by atoms with Crippen molar-refractivity contribution in [2.24, 2.45) is 5.92 Å². The molecule has 0 radical (unpaired) electrons. The van der Waals surface area contributed by atoms with Crippen molar-refractivity contribution in [3.8, 4) is 0 Å². The molecule has 7 heteroatoms. The zero-order valence-corrected chi connectivity index (χ0v) is 13.0. The first kappa shape index (κ1) is 14.2. The maximum Gasteiger partial charge on any atom is 0.200 e. The molecule has 2 aromatic heterocycles. The van der Waals surface area contributed by atoms with Gasteiger partial charge in [0.2, 0.25) is 0 Å². The molecular formula is C14H23N7. The molecule has 0 spiro atoms. The molecule has 1 saturated carbocycles. The summed E-state index contributed by atoms with van der Waals surface area (Å²) < 4.78 is 1.45. The lowest BCUT2D eigenvalue weighted by atomic mass is 9.75. The SMILES string of the molecule is CC1CCCC(CNc2ccc3nnnn3n2)(N(C)C)C1. The molecule has 0 amide bonds. The largest absolute Gasteiger partial charge is 0.367 e. The zero-order chi connectivity index (χ0) is 14.9. The molecule has 1 fully saturated rings. The standard InChI is InChI=1S/C14H23N7/c1-11-5-4-8-14(9-11,20(2)3)10-15-12-6-7-13-16-18-19-21(13)17-12/h6-7,11H,4-5,8-10H2,1-3H3,(H,15,17). The van der Waals surface area contributed by atoms with Gasteiger partial charge in [-0.1, -0.05) is 19.8 Å². The van der Waals surface area contributed by atoms with Crippen LogP contribution in [0.25, 0.3) is 5.65 Å². The van der Waals surface area contributed by atoms with Crippen molar-refractivity contribution >= 4 is 11.5 Å². The molecule has 0 bridgehead atoms. The number of likely N-dealkylation sites (N-methyl/N-ethyl adjacent to an activating group) is 1. The lowest BCUT2D eigenvalue weighted by Crippen LogP contribution is -2.52. The smallest absolute Gasteiger partial charge is 0.200 e. The van der Waals surface area contributed by atoms with E-state index in [1.165, 1.54) is 30.3 Å². The second-order valence-electron chi connectivity index (χ2n) is 6.42. The number of hydrogen-bond acceptors (Lipinski definition) is 6. The van der Waals surface area contributed by atoms with Crippen LogP contribution in [0.2, 0.25) is 0 Å². The Labute approximate surface area is 124 Å². The van der Waals surface area contributed by atoms with Crippen molar-refractivity contribution in [2.75, 3.05) is 26.0 Å². The molecule has 2 atom stereocenters. The van der Waals surface area contributed by atoms with Crippen LogP contribution < -0.4 is 5.32 Å². The van der Waals surface area contributed by atoms with Gasteiger partial charge in [0, 0.05) is 12.1 Å². The fourth-order valence-electron chi connectivity index (χ4n) is 3.36. The average Bonchev–Trinajstić information content (AvgIpc) is 2.92. The van der Waals surface area contributed by atoms with Gasteiger partial charge >= 0.3 is 0 Å². The van der Waals surface area contributed by atoms with Crippen molar-refractivity contribution in [3.63, 3.8) is 0 Å². The maximum atomic E-state index is 4.38. The highest BCUT2D eigenvalue weighted by molar-refractivity contribution is 5.42. The van der Waals surface area contributed by atoms with Gasteiger partial charge in [-0.15, -0.1) is 14.8 Å². The summed E-state index contributed by atoms with van der Waals surface area (Å²) in [4.78, 5) is 2.37. The molecule has 21 heavy (non-hydrogen) atoms. The van der Waals surface area contributed by atoms with Crippen molar-refractivity contribution in [1.82, 2.24) is 30.2 Å². The summed E-state index contributed by atoms with van der Waals surface area (Å²) in [5.41, 5.74) is 0.865. The fraction of sp³-hybridized carbons (Fsp3) is 0.714. The quantitative estimate of drug-likeness (QED) is 0.918. The molecule has 1 aliphatic rings. The summed E-state index contributed by atoms with van der Waals surface area (Å²) >= 11 is 0. The highest BCUT2D eigenvalue weighted by Gasteiger charge is 2.36. The fourth-order valence-corrected chi connectivity index (χ4v) is 3.36. The Kier molecular flexibility index (Phi) is 3.75. The summed E-state index contributed by atoms with van der Waals surface area (Å²) in [6.45, 7) is 3.24. The summed E-state index contributed by atoms with van der Waals surface area (Å²) in [6.07, 6.45) is 5.08. The van der Waals surface area contributed by atoms with Crippen LogP contribution in [0.5, 0.6) is 0 Å². The van der Waals surface area contributed by atoms with E-state index < -0.39 is 0 Å². The van der Waals surface area contributed by atoms with Gasteiger partial charge in [-0.25, -0.2) is 0 Å². The van der Waals surface area contributed by atoms with E-state index in [1.54, 1.807) is 0 Å². The predicted octanol–water partition coefficient (Wildman–Crippen LogP) is 1.44. The van der Waals surface area contributed by atoms with Crippen molar-refractivity contribution in [1.29, 1.82) is 0 Å². The van der Waals surface area contributed by atoms with Gasteiger partial charge in [-0.2, -0.15) is 0 Å². The van der Waals surface area contributed by atoms with Gasteiger partial charge in [0.1, 0.15) is 5.82 Å². The van der Waals surface area contributed by atoms with E-state index in [0.29, 0.717) is 5.65 Å². The number of tetrazole rings is 1. The van der Waals surface area contributed by atoms with Crippen LogP contribution in [0, 0.1) is 5.92 Å². The molecular weight excluding hydrogens is 266 g/mol. The third-order valence-electron chi connectivity index (χ3n) is 4.68. The Hall–Kier alpha value is -1.76. The summed E-state index contributed by atoms with van der Waals surface area (Å²) in [5.74, 6) is 1.59. The van der Waals surface area contributed by atoms with Crippen LogP contribution in [-0.4, -0.2) is 56.3 Å². The average molecular weight is 289 g/mol. The maximum absolute atomic E-state index is 4.38. The van der Waals surface area contributed by atoms with E-state index in [2.05, 4.69) is 51.9 Å². The molecule has 0 saturated heterocycles. The lowest BCUT2D eigenvalue weighted by Gasteiger charge is -2.45. The Morgan fingerprint density at radius 1 is 1.43 bits per heavy atom. The minimum atomic E-state index is 0.203. The van der Waals surface area contributed by atoms with Crippen LogP contribution >= 0.6 is 0 Å². The molecule has 0 aromatic carbocycles. The second-order valence-corrected chi connectivity index (χ2v) is 6.42. The van der Waals surface area contributed by atoms with Gasteiger partial charge in [-0.05, 0) is 55.4 Å². The highest BCUT2D eigenvalue weighted by Crippen LogP contribution is 2.35. The second kappa shape index (κ2) is 5.55. The molecule has 1 N–H and O–H groups in total. The minimum absolute atomic E-state index is 0.203. The van der Waals surface area contributed by atoms with Crippen LogP contribution in [0.1, 0.15) is 32.6 Å². The highest BCUT2D eigenvalue weighted by atomic mass is 15.6. The summed E-state index contributed by atoms with van der Waals surface area (Å²) in [7, 11) is 4.36. The predicted molar refractivity (Wildman–Crippen MR) is 81.1 cm³/mol. The van der Waals surface area contributed by atoms with Crippen molar-refractivity contribution in [2.45, 2.75) is 38.1 Å². The number of rotatable bonds is 4. The lowest BCUT2D eigenvalue weighted by molar-refractivity contribution is 0.0881. The molecule has 2 aromatic rings. The van der Waals surface area contributed by atoms with E-state index in [1.807, 2.05) is 12.1 Å². The Morgan fingerprint density at radius 3 is 3.05 bits per heavy atom. The van der Waals surface area contributed by atoms with Gasteiger partial charge < -0.3 is 10.2 Å². The molecule has 2 heterocycles. The molecule has 1 aliphatic carbocycles. The van der Waals surface area contributed by atoms with Gasteiger partial charge in [0.25, 0.3) is 0 Å². The summed E-state index contributed by atoms with van der Waals surface area (Å²) in [6, 6.07) is 3.81. The first-order chi connectivity index (χ1) is 10.1. The first-order valence-corrected chi connectivity index (χ1v) is 7.56.